The zero-order valence-corrected chi connectivity index (χ0v) is 8.44. The van der Waals surface area contributed by atoms with Gasteiger partial charge in [0.15, 0.2) is 0 Å². The van der Waals surface area contributed by atoms with Crippen molar-refractivity contribution in [3.63, 3.8) is 0 Å². The molecule has 0 aromatic carbocycles. The van der Waals surface area contributed by atoms with Crippen molar-refractivity contribution in [2.75, 3.05) is 18.1 Å². The molecule has 0 bridgehead atoms. The molecule has 12 heavy (non-hydrogen) atoms. The summed E-state index contributed by atoms with van der Waals surface area (Å²) in [6, 6.07) is 0.208. The molecule has 0 aromatic heterocycles. The number of hydrogen-bond acceptors (Lipinski definition) is 4. The van der Waals surface area contributed by atoms with Crippen LogP contribution in [0.5, 0.6) is 0 Å². The Kier molecular flexibility index (Phi) is 4.35. The van der Waals surface area contributed by atoms with Crippen molar-refractivity contribution in [1.29, 1.82) is 0 Å². The molecule has 0 N–H and O–H groups in total. The molecule has 1 rings (SSSR count). The van der Waals surface area contributed by atoms with E-state index in [1.807, 2.05) is 0 Å². The van der Waals surface area contributed by atoms with E-state index < -0.39 is 0 Å². The Morgan fingerprint density at radius 3 is 3.42 bits per heavy atom. The predicted molar refractivity (Wildman–Crippen MR) is 55.8 cm³/mol. The van der Waals surface area contributed by atoms with E-state index >= 15 is 0 Å². The van der Waals surface area contributed by atoms with Crippen molar-refractivity contribution in [3.8, 4) is 0 Å². The van der Waals surface area contributed by atoms with Gasteiger partial charge in [0.2, 0.25) is 0 Å². The number of azide groups is 1. The summed E-state index contributed by atoms with van der Waals surface area (Å²) in [6.07, 6.45) is 0. The molecule has 0 aromatic rings. The van der Waals surface area contributed by atoms with Gasteiger partial charge in [-0.2, -0.15) is 0 Å². The van der Waals surface area contributed by atoms with Crippen molar-refractivity contribution in [2.24, 2.45) is 10.1 Å². The maximum Gasteiger partial charge on any atom is 0.124 e. The van der Waals surface area contributed by atoms with Crippen LogP contribution in [0.3, 0.4) is 0 Å². The highest BCUT2D eigenvalue weighted by Crippen LogP contribution is 2.25. The Morgan fingerprint density at radius 1 is 1.92 bits per heavy atom. The minimum Gasteiger partial charge on any atom is -0.267 e. The fourth-order valence-electron chi connectivity index (χ4n) is 0.818. The molecule has 6 heteroatoms. The van der Waals surface area contributed by atoms with Crippen LogP contribution in [0.2, 0.25) is 0 Å². The molecule has 0 spiro atoms. The van der Waals surface area contributed by atoms with E-state index in [1.165, 1.54) is 0 Å². The van der Waals surface area contributed by atoms with Crippen molar-refractivity contribution >= 4 is 27.9 Å². The Labute approximate surface area is 79.8 Å². The van der Waals surface area contributed by atoms with Crippen LogP contribution in [-0.4, -0.2) is 28.5 Å². The third-order valence-electron chi connectivity index (χ3n) is 1.31. The second-order valence-corrected chi connectivity index (χ2v) is 4.73. The summed E-state index contributed by atoms with van der Waals surface area (Å²) in [4.78, 5) is 7.10. The smallest absolute Gasteiger partial charge is 0.124 e. The van der Waals surface area contributed by atoms with Gasteiger partial charge in [0.05, 0.1) is 6.04 Å². The first-order chi connectivity index (χ1) is 5.86. The van der Waals surface area contributed by atoms with Crippen molar-refractivity contribution < 1.29 is 0 Å². The Morgan fingerprint density at radius 2 is 2.75 bits per heavy atom. The van der Waals surface area contributed by atoms with E-state index in [9.17, 15) is 0 Å². The van der Waals surface area contributed by atoms with Gasteiger partial charge in [0, 0.05) is 17.2 Å². The zero-order chi connectivity index (χ0) is 8.81. The Hall–Kier alpha value is -0.320. The molecule has 0 unspecified atom stereocenters. The van der Waals surface area contributed by atoms with Crippen molar-refractivity contribution in [2.45, 2.75) is 13.0 Å². The zero-order valence-electron chi connectivity index (χ0n) is 6.80. The normalized spacial score (nSPS) is 21.8. The number of hydrogen-bond donors (Lipinski definition) is 0. The second kappa shape index (κ2) is 5.35. The molecule has 0 aliphatic carbocycles. The van der Waals surface area contributed by atoms with Gasteiger partial charge in [-0.25, -0.2) is 0 Å². The van der Waals surface area contributed by atoms with Gasteiger partial charge in [0.25, 0.3) is 0 Å². The first-order valence-corrected chi connectivity index (χ1v) is 5.68. The summed E-state index contributed by atoms with van der Waals surface area (Å²) in [7, 11) is 0. The van der Waals surface area contributed by atoms with Gasteiger partial charge in [-0.1, -0.05) is 23.8 Å². The van der Waals surface area contributed by atoms with Crippen LogP contribution in [0.4, 0.5) is 0 Å². The number of nitrogens with zero attached hydrogens (tertiary/aromatic N) is 4. The summed E-state index contributed by atoms with van der Waals surface area (Å²) in [5.41, 5.74) is 8.09. The highest BCUT2D eigenvalue weighted by Gasteiger charge is 2.16. The summed E-state index contributed by atoms with van der Waals surface area (Å²) in [6.45, 7) is 2.60. The molecule has 1 aliphatic heterocycles. The van der Waals surface area contributed by atoms with E-state index in [0.717, 1.165) is 15.9 Å². The second-order valence-electron chi connectivity index (χ2n) is 2.21. The van der Waals surface area contributed by atoms with E-state index in [-0.39, 0.29) is 6.04 Å². The average molecular weight is 202 g/mol. The van der Waals surface area contributed by atoms with Crippen LogP contribution in [-0.2, 0) is 0 Å². The molecule has 66 valence electrons. The minimum absolute atomic E-state index is 0.208. The summed E-state index contributed by atoms with van der Waals surface area (Å²) < 4.78 is 1.13. The fourth-order valence-corrected chi connectivity index (χ4v) is 2.92. The Balaban J connectivity index is 2.36. The Bertz CT molecular complexity index is 222. The van der Waals surface area contributed by atoms with Crippen molar-refractivity contribution in [3.05, 3.63) is 10.4 Å². The standard InChI is InChI=1S/C6H10N4S2/c1-2-11-6-9-5(4-12-6)3-8-10-7/h5H,2-4H2,1H3/t5-/m1/s1. The predicted octanol–water partition coefficient (Wildman–Crippen LogP) is 2.52. The van der Waals surface area contributed by atoms with Crippen LogP contribution in [0.15, 0.2) is 10.1 Å². The summed E-state index contributed by atoms with van der Waals surface area (Å²) >= 11 is 3.51. The third kappa shape index (κ3) is 2.97. The van der Waals surface area contributed by atoms with Crippen LogP contribution in [0.1, 0.15) is 6.92 Å². The van der Waals surface area contributed by atoms with Gasteiger partial charge in [0.1, 0.15) is 4.38 Å². The summed E-state index contributed by atoms with van der Waals surface area (Å²) in [5, 5.41) is 3.50. The molecule has 0 radical (unpaired) electrons. The van der Waals surface area contributed by atoms with Crippen LogP contribution in [0.25, 0.3) is 10.4 Å². The molecular weight excluding hydrogens is 192 g/mol. The number of aliphatic imine (C=N–C) groups is 1. The van der Waals surface area contributed by atoms with Crippen molar-refractivity contribution in [1.82, 2.24) is 0 Å². The average Bonchev–Trinajstić information content (AvgIpc) is 2.50. The highest BCUT2D eigenvalue weighted by molar-refractivity contribution is 8.39. The first kappa shape index (κ1) is 9.77. The molecule has 0 amide bonds. The van der Waals surface area contributed by atoms with Crippen LogP contribution < -0.4 is 0 Å². The number of rotatable bonds is 3. The van der Waals surface area contributed by atoms with Gasteiger partial charge in [-0.3, -0.25) is 4.99 Å². The quantitative estimate of drug-likeness (QED) is 0.401. The lowest BCUT2D eigenvalue weighted by molar-refractivity contribution is 0.774. The van der Waals surface area contributed by atoms with E-state index in [2.05, 4.69) is 21.9 Å². The molecule has 0 saturated heterocycles. The molecule has 1 atom stereocenters. The van der Waals surface area contributed by atoms with E-state index in [1.54, 1.807) is 23.5 Å². The fraction of sp³-hybridized carbons (Fsp3) is 0.833. The van der Waals surface area contributed by atoms with Crippen LogP contribution in [0, 0.1) is 0 Å². The van der Waals surface area contributed by atoms with E-state index in [4.69, 9.17) is 5.53 Å². The maximum absolute atomic E-state index is 8.09. The molecule has 0 fully saturated rings. The van der Waals surface area contributed by atoms with Crippen LogP contribution >= 0.6 is 23.5 Å². The molecule has 4 nitrogen and oxygen atoms in total. The maximum atomic E-state index is 8.09. The summed E-state index contributed by atoms with van der Waals surface area (Å²) in [5.74, 6) is 2.02. The molecule has 1 aliphatic rings. The largest absolute Gasteiger partial charge is 0.267 e. The van der Waals surface area contributed by atoms with Gasteiger partial charge >= 0.3 is 0 Å². The topological polar surface area (TPSA) is 61.1 Å². The third-order valence-corrected chi connectivity index (χ3v) is 3.56. The minimum atomic E-state index is 0.208. The SMILES string of the molecule is CCSC1=N[C@H](CN=[N+]=[N-])CS1. The van der Waals surface area contributed by atoms with E-state index in [0.29, 0.717) is 6.54 Å². The molecular formula is C6H10N4S2. The lowest BCUT2D eigenvalue weighted by atomic mass is 10.4. The highest BCUT2D eigenvalue weighted by atomic mass is 32.2. The first-order valence-electron chi connectivity index (χ1n) is 3.71. The number of thioether (sulfide) groups is 2. The molecule has 1 heterocycles. The monoisotopic (exact) mass is 202 g/mol. The lowest BCUT2D eigenvalue weighted by Gasteiger charge is -1.96. The molecule has 0 saturated carbocycles. The van der Waals surface area contributed by atoms with Gasteiger partial charge < -0.3 is 0 Å². The van der Waals surface area contributed by atoms with Gasteiger partial charge in [-0.05, 0) is 11.3 Å². The lowest BCUT2D eigenvalue weighted by Crippen LogP contribution is -2.06. The van der Waals surface area contributed by atoms with Gasteiger partial charge in [-0.15, -0.1) is 11.8 Å².